The van der Waals surface area contributed by atoms with Crippen LogP contribution in [0.25, 0.3) is 0 Å². The van der Waals surface area contributed by atoms with E-state index in [0.29, 0.717) is 12.0 Å². The fraction of sp³-hybridized carbons (Fsp3) is 0.765. The number of nitrogens with zero attached hydrogens (tertiary/aromatic N) is 2. The van der Waals surface area contributed by atoms with E-state index in [1.54, 1.807) is 11.3 Å². The molecule has 22 heavy (non-hydrogen) atoms. The third kappa shape index (κ3) is 6.34. The van der Waals surface area contributed by atoms with Crippen LogP contribution in [0, 0.1) is 5.92 Å². The van der Waals surface area contributed by atoms with Gasteiger partial charge in [-0.25, -0.2) is 4.98 Å². The maximum Gasteiger partial charge on any atom is 0.191 e. The first kappa shape index (κ1) is 18.9. The molecule has 0 radical (unpaired) electrons. The second-order valence-corrected chi connectivity index (χ2v) is 8.01. The van der Waals surface area contributed by atoms with Crippen molar-refractivity contribution in [2.45, 2.75) is 66.3 Å². The van der Waals surface area contributed by atoms with Crippen molar-refractivity contribution in [3.05, 3.63) is 16.1 Å². The molecule has 0 spiro atoms. The monoisotopic (exact) mass is 324 g/mol. The van der Waals surface area contributed by atoms with Crippen molar-refractivity contribution in [2.75, 3.05) is 13.1 Å². The van der Waals surface area contributed by atoms with Gasteiger partial charge in [0.1, 0.15) is 0 Å². The highest BCUT2D eigenvalue weighted by Gasteiger charge is 2.17. The minimum atomic E-state index is 0.126. The van der Waals surface area contributed by atoms with Crippen molar-refractivity contribution in [3.8, 4) is 0 Å². The zero-order chi connectivity index (χ0) is 16.8. The van der Waals surface area contributed by atoms with E-state index in [4.69, 9.17) is 4.98 Å². The lowest BCUT2D eigenvalue weighted by Gasteiger charge is -2.20. The average Bonchev–Trinajstić information content (AvgIpc) is 2.87. The zero-order valence-electron chi connectivity index (χ0n) is 15.2. The summed E-state index contributed by atoms with van der Waals surface area (Å²) >= 11 is 1.74. The summed E-state index contributed by atoms with van der Waals surface area (Å²) in [5, 5.41) is 10.1. The van der Waals surface area contributed by atoms with Gasteiger partial charge in [-0.3, -0.25) is 4.99 Å². The summed E-state index contributed by atoms with van der Waals surface area (Å²) < 4.78 is 0. The molecule has 0 saturated carbocycles. The molecule has 4 nitrogen and oxygen atoms in total. The van der Waals surface area contributed by atoms with E-state index in [1.807, 2.05) is 0 Å². The highest BCUT2D eigenvalue weighted by molar-refractivity contribution is 7.09. The molecule has 0 aliphatic rings. The predicted octanol–water partition coefficient (Wildman–Crippen LogP) is 3.58. The molecule has 0 aromatic carbocycles. The molecular formula is C17H32N4S. The molecular weight excluding hydrogens is 292 g/mol. The highest BCUT2D eigenvalue weighted by Crippen LogP contribution is 2.23. The minimum Gasteiger partial charge on any atom is -0.357 e. The van der Waals surface area contributed by atoms with Gasteiger partial charge in [0.25, 0.3) is 0 Å². The van der Waals surface area contributed by atoms with E-state index < -0.39 is 0 Å². The Balaban J connectivity index is 2.58. The van der Waals surface area contributed by atoms with Gasteiger partial charge in [-0.05, 0) is 19.8 Å². The van der Waals surface area contributed by atoms with E-state index in [2.05, 4.69) is 69.5 Å². The summed E-state index contributed by atoms with van der Waals surface area (Å²) in [6, 6.07) is 0.408. The number of nitrogens with one attached hydrogen (secondary N) is 2. The maximum absolute atomic E-state index is 4.72. The molecule has 0 aliphatic carbocycles. The van der Waals surface area contributed by atoms with Crippen LogP contribution in [0.4, 0.5) is 0 Å². The third-order valence-electron chi connectivity index (χ3n) is 3.62. The number of aliphatic imine (C=N–C) groups is 1. The van der Waals surface area contributed by atoms with Crippen molar-refractivity contribution >= 4 is 17.3 Å². The molecule has 1 heterocycles. The van der Waals surface area contributed by atoms with Crippen LogP contribution in [0.5, 0.6) is 0 Å². The number of hydrogen-bond donors (Lipinski definition) is 2. The standard InChI is InChI=1S/C17H32N4S/c1-8-18-16(20-13(4)12(2)3)19-10-9-15-21-14(11-22-15)17(5,6)7/h11-13H,8-10H2,1-7H3,(H2,18,19,20). The number of hydrogen-bond acceptors (Lipinski definition) is 3. The summed E-state index contributed by atoms with van der Waals surface area (Å²) in [6.45, 7) is 16.9. The van der Waals surface area contributed by atoms with E-state index in [-0.39, 0.29) is 5.41 Å². The van der Waals surface area contributed by atoms with Gasteiger partial charge in [-0.1, -0.05) is 34.6 Å². The number of aromatic nitrogens is 1. The quantitative estimate of drug-likeness (QED) is 0.621. The molecule has 1 atom stereocenters. The van der Waals surface area contributed by atoms with Gasteiger partial charge < -0.3 is 10.6 Å². The third-order valence-corrected chi connectivity index (χ3v) is 4.53. The Labute approximate surface area is 139 Å². The maximum atomic E-state index is 4.72. The summed E-state index contributed by atoms with van der Waals surface area (Å²) in [6.07, 6.45) is 0.896. The molecule has 1 aromatic rings. The lowest BCUT2D eigenvalue weighted by molar-refractivity contribution is 0.481. The Bertz CT molecular complexity index is 471. The van der Waals surface area contributed by atoms with Crippen LogP contribution in [0.2, 0.25) is 0 Å². The second kappa shape index (κ2) is 8.51. The van der Waals surface area contributed by atoms with Crippen LogP contribution in [0.1, 0.15) is 59.2 Å². The van der Waals surface area contributed by atoms with Crippen LogP contribution in [0.3, 0.4) is 0 Å². The molecule has 1 unspecified atom stereocenters. The van der Waals surface area contributed by atoms with Crippen LogP contribution in [-0.4, -0.2) is 30.1 Å². The van der Waals surface area contributed by atoms with E-state index in [0.717, 1.165) is 25.5 Å². The second-order valence-electron chi connectivity index (χ2n) is 7.06. The van der Waals surface area contributed by atoms with Crippen molar-refractivity contribution in [1.29, 1.82) is 0 Å². The zero-order valence-corrected chi connectivity index (χ0v) is 16.0. The lowest BCUT2D eigenvalue weighted by Crippen LogP contribution is -2.44. The van der Waals surface area contributed by atoms with E-state index in [1.165, 1.54) is 10.7 Å². The van der Waals surface area contributed by atoms with Crippen molar-refractivity contribution in [3.63, 3.8) is 0 Å². The molecule has 0 aliphatic heterocycles. The highest BCUT2D eigenvalue weighted by atomic mass is 32.1. The van der Waals surface area contributed by atoms with Gasteiger partial charge in [-0.2, -0.15) is 0 Å². The summed E-state index contributed by atoms with van der Waals surface area (Å²) in [5.74, 6) is 1.48. The van der Waals surface area contributed by atoms with Gasteiger partial charge in [0.15, 0.2) is 5.96 Å². The Morgan fingerprint density at radius 2 is 2.00 bits per heavy atom. The molecule has 0 fully saturated rings. The summed E-state index contributed by atoms with van der Waals surface area (Å²) in [5.41, 5.74) is 1.30. The first-order valence-corrected chi connectivity index (χ1v) is 9.11. The molecule has 0 saturated heterocycles. The molecule has 1 aromatic heterocycles. The van der Waals surface area contributed by atoms with Gasteiger partial charge in [0.05, 0.1) is 10.7 Å². The Hall–Kier alpha value is -1.10. The smallest absolute Gasteiger partial charge is 0.191 e. The van der Waals surface area contributed by atoms with E-state index in [9.17, 15) is 0 Å². The molecule has 1 rings (SSSR count). The normalized spacial score (nSPS) is 14.3. The number of rotatable bonds is 6. The van der Waals surface area contributed by atoms with Crippen LogP contribution >= 0.6 is 11.3 Å². The molecule has 0 bridgehead atoms. The van der Waals surface area contributed by atoms with Gasteiger partial charge in [0, 0.05) is 36.3 Å². The number of thiazole rings is 1. The SMILES string of the molecule is CCNC(=NCCc1nc(C(C)(C)C)cs1)NC(C)C(C)C. The van der Waals surface area contributed by atoms with Gasteiger partial charge in [-0.15, -0.1) is 11.3 Å². The molecule has 126 valence electrons. The Morgan fingerprint density at radius 3 is 2.50 bits per heavy atom. The van der Waals surface area contributed by atoms with Crippen molar-refractivity contribution in [1.82, 2.24) is 15.6 Å². The topological polar surface area (TPSA) is 49.3 Å². The summed E-state index contributed by atoms with van der Waals surface area (Å²) in [7, 11) is 0. The van der Waals surface area contributed by atoms with E-state index >= 15 is 0 Å². The Kier molecular flexibility index (Phi) is 7.33. The molecule has 0 amide bonds. The Morgan fingerprint density at radius 1 is 1.32 bits per heavy atom. The molecule has 2 N–H and O–H groups in total. The first-order chi connectivity index (χ1) is 10.2. The lowest BCUT2D eigenvalue weighted by atomic mass is 9.93. The van der Waals surface area contributed by atoms with Gasteiger partial charge >= 0.3 is 0 Å². The van der Waals surface area contributed by atoms with Crippen LogP contribution in [-0.2, 0) is 11.8 Å². The minimum absolute atomic E-state index is 0.126. The van der Waals surface area contributed by atoms with Crippen molar-refractivity contribution < 1.29 is 0 Å². The average molecular weight is 325 g/mol. The van der Waals surface area contributed by atoms with Crippen LogP contribution < -0.4 is 10.6 Å². The first-order valence-electron chi connectivity index (χ1n) is 8.23. The number of guanidine groups is 1. The largest absolute Gasteiger partial charge is 0.357 e. The van der Waals surface area contributed by atoms with Gasteiger partial charge in [0.2, 0.25) is 0 Å². The van der Waals surface area contributed by atoms with Crippen molar-refractivity contribution in [2.24, 2.45) is 10.9 Å². The molecule has 5 heteroatoms. The fourth-order valence-electron chi connectivity index (χ4n) is 1.74. The summed E-state index contributed by atoms with van der Waals surface area (Å²) in [4.78, 5) is 9.39. The fourth-order valence-corrected chi connectivity index (χ4v) is 2.75. The predicted molar refractivity (Wildman–Crippen MR) is 97.9 cm³/mol. The van der Waals surface area contributed by atoms with Crippen LogP contribution in [0.15, 0.2) is 10.4 Å².